The van der Waals surface area contributed by atoms with Crippen LogP contribution in [-0.2, 0) is 0 Å². The summed E-state index contributed by atoms with van der Waals surface area (Å²) in [5.41, 5.74) is 2.31. The van der Waals surface area contributed by atoms with Gasteiger partial charge in [0.15, 0.2) is 0 Å². The van der Waals surface area contributed by atoms with Gasteiger partial charge < -0.3 is 0 Å². The molecule has 1 aliphatic carbocycles. The van der Waals surface area contributed by atoms with Crippen LogP contribution in [0.5, 0.6) is 0 Å². The number of nitrogens with zero attached hydrogens (tertiary/aromatic N) is 2. The topological polar surface area (TPSA) is 26.5 Å². The highest BCUT2D eigenvalue weighted by Crippen LogP contribution is 2.42. The molecule has 1 aliphatic heterocycles. The van der Waals surface area contributed by atoms with E-state index >= 15 is 0 Å². The molecule has 0 spiro atoms. The quantitative estimate of drug-likeness (QED) is 0.675. The molecule has 1 fully saturated rings. The van der Waals surface area contributed by atoms with E-state index in [1.54, 1.807) is 0 Å². The van der Waals surface area contributed by atoms with Crippen LogP contribution in [0.1, 0.15) is 39.0 Å². The van der Waals surface area contributed by atoms with Gasteiger partial charge in [0.2, 0.25) is 0 Å². The summed E-state index contributed by atoms with van der Waals surface area (Å²) in [7, 11) is 0. The Kier molecular flexibility index (Phi) is 2.23. The molecule has 1 aromatic rings. The van der Waals surface area contributed by atoms with Gasteiger partial charge in [0.25, 0.3) is 0 Å². The third-order valence-corrected chi connectivity index (χ3v) is 3.83. The van der Waals surface area contributed by atoms with Crippen LogP contribution in [0.25, 0.3) is 0 Å². The summed E-state index contributed by atoms with van der Waals surface area (Å²) in [5, 5.41) is 4.70. The summed E-state index contributed by atoms with van der Waals surface area (Å²) in [5.74, 6) is 1.06. The molecular weight excluding hydrogens is 196 g/mol. The van der Waals surface area contributed by atoms with Crippen molar-refractivity contribution >= 4 is 17.2 Å². The number of hydrogen-bond donors (Lipinski definition) is 0. The highest BCUT2D eigenvalue weighted by atomic mass is 15.1. The molecule has 3 rings (SSSR count). The van der Waals surface area contributed by atoms with Gasteiger partial charge in [-0.1, -0.05) is 38.3 Å². The zero-order valence-electron chi connectivity index (χ0n) is 9.74. The Balaban J connectivity index is 1.89. The van der Waals surface area contributed by atoms with E-state index in [4.69, 9.17) is 10.3 Å². The minimum absolute atomic E-state index is 0.220. The van der Waals surface area contributed by atoms with Crippen molar-refractivity contribution in [2.24, 2.45) is 10.4 Å². The molecule has 0 amide bonds. The lowest BCUT2D eigenvalue weighted by molar-refractivity contribution is 0.307. The van der Waals surface area contributed by atoms with Crippen LogP contribution in [0.3, 0.4) is 0 Å². The summed E-state index contributed by atoms with van der Waals surface area (Å²) in [6, 6.07) is 8.17. The van der Waals surface area contributed by atoms with Crippen LogP contribution in [0.15, 0.2) is 29.3 Å². The molecule has 0 N–H and O–H groups in total. The van der Waals surface area contributed by atoms with Crippen molar-refractivity contribution in [3.63, 3.8) is 0 Å². The molecule has 1 aromatic carbocycles. The lowest BCUT2D eigenvalue weighted by Gasteiger charge is -2.32. The van der Waals surface area contributed by atoms with Gasteiger partial charge in [-0.05, 0) is 25.0 Å². The van der Waals surface area contributed by atoms with Gasteiger partial charge >= 0.3 is 0 Å². The Hall–Kier alpha value is -1.31. The first-order valence-electron chi connectivity index (χ1n) is 6.18. The molecule has 0 saturated heterocycles. The molecule has 2 heteroatoms. The highest BCUT2D eigenvalue weighted by molar-refractivity contribution is 5.99. The predicted molar refractivity (Wildman–Crippen MR) is 66.5 cm³/mol. The lowest BCUT2D eigenvalue weighted by atomic mass is 9.75. The van der Waals surface area contributed by atoms with E-state index in [1.807, 2.05) is 12.1 Å². The Bertz CT molecular complexity index is 428. The molecule has 83 valence electrons. The molecule has 0 unspecified atom stereocenters. The number of para-hydroxylation sites is 2. The summed E-state index contributed by atoms with van der Waals surface area (Å²) in [4.78, 5) is 4.70. The molecule has 0 bridgehead atoms. The van der Waals surface area contributed by atoms with Gasteiger partial charge in [-0.15, -0.1) is 0 Å². The summed E-state index contributed by atoms with van der Waals surface area (Å²) in [6.07, 6.45) is 6.49. The van der Waals surface area contributed by atoms with E-state index in [0.29, 0.717) is 0 Å². The number of aliphatic imine (C=N–C) groups is 1. The fourth-order valence-corrected chi connectivity index (χ4v) is 2.73. The minimum Gasteiger partial charge on any atom is -0.231 e. The van der Waals surface area contributed by atoms with Gasteiger partial charge in [0.1, 0.15) is 5.84 Å². The van der Waals surface area contributed by atoms with E-state index < -0.39 is 0 Å². The second kappa shape index (κ2) is 3.62. The molecule has 1 saturated carbocycles. The molecule has 0 aromatic heterocycles. The molecule has 1 heterocycles. The van der Waals surface area contributed by atoms with E-state index in [-0.39, 0.29) is 5.41 Å². The van der Waals surface area contributed by atoms with Crippen LogP contribution in [0, 0.1) is 5.41 Å². The third kappa shape index (κ3) is 1.53. The number of hydrogen-bond acceptors (Lipinski definition) is 1. The van der Waals surface area contributed by atoms with Gasteiger partial charge in [-0.3, -0.25) is 0 Å². The maximum absolute atomic E-state index is 4.70. The smallest absolute Gasteiger partial charge is 0.135 e. The van der Waals surface area contributed by atoms with Gasteiger partial charge in [-0.2, -0.15) is 0 Å². The second-order valence-corrected chi connectivity index (χ2v) is 5.16. The average Bonchev–Trinajstić information content (AvgIpc) is 2.74. The van der Waals surface area contributed by atoms with Crippen molar-refractivity contribution in [1.29, 1.82) is 0 Å². The molecule has 16 heavy (non-hydrogen) atoms. The van der Waals surface area contributed by atoms with Crippen molar-refractivity contribution < 1.29 is 0 Å². The SMILES string of the molecule is CC1(C2=Nc3ccccc3[N]2)CCCCC1. The maximum Gasteiger partial charge on any atom is 0.135 e. The zero-order valence-corrected chi connectivity index (χ0v) is 9.74. The zero-order chi connectivity index (χ0) is 11.0. The van der Waals surface area contributed by atoms with Crippen LogP contribution >= 0.6 is 0 Å². The van der Waals surface area contributed by atoms with Crippen molar-refractivity contribution in [2.45, 2.75) is 39.0 Å². The average molecular weight is 213 g/mol. The Morgan fingerprint density at radius 1 is 1.00 bits per heavy atom. The largest absolute Gasteiger partial charge is 0.231 e. The van der Waals surface area contributed by atoms with Gasteiger partial charge in [0.05, 0.1) is 11.4 Å². The highest BCUT2D eigenvalue weighted by Gasteiger charge is 2.35. The second-order valence-electron chi connectivity index (χ2n) is 5.16. The normalized spacial score (nSPS) is 22.2. The van der Waals surface area contributed by atoms with Crippen LogP contribution in [0.4, 0.5) is 11.4 Å². The summed E-state index contributed by atoms with van der Waals surface area (Å²) < 4.78 is 0. The number of benzene rings is 1. The fraction of sp³-hybridized carbons (Fsp3) is 0.500. The minimum atomic E-state index is 0.220. The van der Waals surface area contributed by atoms with Crippen LogP contribution < -0.4 is 5.32 Å². The van der Waals surface area contributed by atoms with Crippen molar-refractivity contribution in [3.05, 3.63) is 24.3 Å². The first-order valence-corrected chi connectivity index (χ1v) is 6.18. The lowest BCUT2D eigenvalue weighted by Crippen LogP contribution is -2.33. The standard InChI is InChI=1S/C14H17N2/c1-14(9-5-2-6-10-14)13-15-11-7-3-4-8-12(11)16-13/h3-4,7-8H,2,5-6,9-10H2,1H3. The number of amidine groups is 1. The maximum atomic E-state index is 4.70. The summed E-state index contributed by atoms with van der Waals surface area (Å²) >= 11 is 0. The van der Waals surface area contributed by atoms with E-state index in [1.165, 1.54) is 32.1 Å². The van der Waals surface area contributed by atoms with Crippen molar-refractivity contribution in [3.8, 4) is 0 Å². The Morgan fingerprint density at radius 2 is 1.69 bits per heavy atom. The molecule has 1 radical (unpaired) electrons. The molecule has 2 aliphatic rings. The molecule has 2 nitrogen and oxygen atoms in total. The van der Waals surface area contributed by atoms with Crippen LogP contribution in [-0.4, -0.2) is 5.84 Å². The predicted octanol–water partition coefficient (Wildman–Crippen LogP) is 3.94. The third-order valence-electron chi connectivity index (χ3n) is 3.83. The van der Waals surface area contributed by atoms with Crippen molar-refractivity contribution in [1.82, 2.24) is 5.32 Å². The number of fused-ring (bicyclic) bond motifs is 1. The number of rotatable bonds is 1. The van der Waals surface area contributed by atoms with Crippen molar-refractivity contribution in [2.75, 3.05) is 0 Å². The van der Waals surface area contributed by atoms with Gasteiger partial charge in [0, 0.05) is 5.41 Å². The van der Waals surface area contributed by atoms with Crippen LogP contribution in [0.2, 0.25) is 0 Å². The summed E-state index contributed by atoms with van der Waals surface area (Å²) in [6.45, 7) is 2.32. The monoisotopic (exact) mass is 213 g/mol. The molecular formula is C14H17N2. The van der Waals surface area contributed by atoms with E-state index in [2.05, 4.69) is 19.1 Å². The molecule has 0 atom stereocenters. The fourth-order valence-electron chi connectivity index (χ4n) is 2.73. The van der Waals surface area contributed by atoms with E-state index in [0.717, 1.165) is 17.2 Å². The Labute approximate surface area is 96.8 Å². The van der Waals surface area contributed by atoms with E-state index in [9.17, 15) is 0 Å². The van der Waals surface area contributed by atoms with Gasteiger partial charge in [-0.25, -0.2) is 10.3 Å². The first kappa shape index (κ1) is 9.88. The Morgan fingerprint density at radius 3 is 2.38 bits per heavy atom. The first-order chi connectivity index (χ1) is 7.78.